The maximum atomic E-state index is 12.4. The van der Waals surface area contributed by atoms with Crippen molar-refractivity contribution in [2.75, 3.05) is 12.3 Å². The lowest BCUT2D eigenvalue weighted by atomic mass is 10.0. The molecule has 2 aromatic carbocycles. The number of nitrogens with two attached hydrogens (primary N) is 1. The van der Waals surface area contributed by atoms with Gasteiger partial charge in [-0.1, -0.05) is 37.6 Å². The largest absolute Gasteiger partial charge is 0.492 e. The number of hydrogen-bond acceptors (Lipinski definition) is 3. The monoisotopic (exact) mass is 283 g/mol. The molecule has 0 atom stereocenters. The molecule has 0 spiro atoms. The topological polar surface area (TPSA) is 52.3 Å². The molecule has 0 aliphatic heterocycles. The minimum absolute atomic E-state index is 0.0206. The van der Waals surface area contributed by atoms with E-state index in [4.69, 9.17) is 10.5 Å². The summed E-state index contributed by atoms with van der Waals surface area (Å²) in [5.41, 5.74) is 8.91. The zero-order valence-corrected chi connectivity index (χ0v) is 12.6. The molecule has 0 bridgehead atoms. The van der Waals surface area contributed by atoms with Gasteiger partial charge in [-0.25, -0.2) is 0 Å². The van der Waals surface area contributed by atoms with Crippen molar-refractivity contribution in [3.8, 4) is 5.75 Å². The SMILES string of the molecule is CCCc1ccc(C(=O)c2ccc(OCC)c(N)c2)cc1. The molecule has 0 aliphatic carbocycles. The van der Waals surface area contributed by atoms with Gasteiger partial charge in [0.1, 0.15) is 5.75 Å². The molecule has 0 unspecified atom stereocenters. The molecular weight excluding hydrogens is 262 g/mol. The van der Waals surface area contributed by atoms with Gasteiger partial charge in [-0.3, -0.25) is 4.79 Å². The van der Waals surface area contributed by atoms with Crippen LogP contribution in [-0.4, -0.2) is 12.4 Å². The van der Waals surface area contributed by atoms with Crippen molar-refractivity contribution in [2.45, 2.75) is 26.7 Å². The number of hydrogen-bond donors (Lipinski definition) is 1. The van der Waals surface area contributed by atoms with Crippen LogP contribution in [0.4, 0.5) is 5.69 Å². The first-order chi connectivity index (χ1) is 10.2. The van der Waals surface area contributed by atoms with Crippen molar-refractivity contribution >= 4 is 11.5 Å². The fourth-order valence-corrected chi connectivity index (χ4v) is 2.25. The number of aryl methyl sites for hydroxylation is 1. The van der Waals surface area contributed by atoms with Gasteiger partial charge in [-0.05, 0) is 37.1 Å². The summed E-state index contributed by atoms with van der Waals surface area (Å²) in [6.45, 7) is 4.59. The maximum absolute atomic E-state index is 12.4. The highest BCUT2D eigenvalue weighted by molar-refractivity contribution is 6.09. The van der Waals surface area contributed by atoms with Crippen LogP contribution in [0.2, 0.25) is 0 Å². The Bertz CT molecular complexity index is 618. The maximum Gasteiger partial charge on any atom is 0.193 e. The van der Waals surface area contributed by atoms with Crippen LogP contribution in [0.1, 0.15) is 41.8 Å². The van der Waals surface area contributed by atoms with Crippen LogP contribution in [0.15, 0.2) is 42.5 Å². The van der Waals surface area contributed by atoms with E-state index >= 15 is 0 Å². The molecule has 110 valence electrons. The van der Waals surface area contributed by atoms with Crippen molar-refractivity contribution in [1.82, 2.24) is 0 Å². The van der Waals surface area contributed by atoms with E-state index in [1.54, 1.807) is 18.2 Å². The highest BCUT2D eigenvalue weighted by Crippen LogP contribution is 2.24. The molecule has 0 saturated heterocycles. The number of carbonyl (C=O) groups excluding carboxylic acids is 1. The van der Waals surface area contributed by atoms with E-state index in [0.29, 0.717) is 29.2 Å². The molecule has 0 saturated carbocycles. The normalized spacial score (nSPS) is 10.4. The smallest absolute Gasteiger partial charge is 0.193 e. The molecule has 21 heavy (non-hydrogen) atoms. The average Bonchev–Trinajstić information content (AvgIpc) is 2.50. The highest BCUT2D eigenvalue weighted by atomic mass is 16.5. The summed E-state index contributed by atoms with van der Waals surface area (Å²) in [7, 11) is 0. The van der Waals surface area contributed by atoms with Crippen LogP contribution in [0, 0.1) is 0 Å². The van der Waals surface area contributed by atoms with Gasteiger partial charge in [0.25, 0.3) is 0 Å². The van der Waals surface area contributed by atoms with Gasteiger partial charge in [0.2, 0.25) is 0 Å². The third-order valence-electron chi connectivity index (χ3n) is 3.33. The van der Waals surface area contributed by atoms with Crippen molar-refractivity contribution in [3.05, 3.63) is 59.2 Å². The lowest BCUT2D eigenvalue weighted by Crippen LogP contribution is -2.04. The summed E-state index contributed by atoms with van der Waals surface area (Å²) >= 11 is 0. The Kier molecular flexibility index (Phi) is 4.99. The third-order valence-corrected chi connectivity index (χ3v) is 3.33. The third kappa shape index (κ3) is 3.63. The summed E-state index contributed by atoms with van der Waals surface area (Å²) < 4.78 is 5.38. The minimum atomic E-state index is -0.0206. The second-order valence-electron chi connectivity index (χ2n) is 4.96. The van der Waals surface area contributed by atoms with Gasteiger partial charge in [-0.15, -0.1) is 0 Å². The van der Waals surface area contributed by atoms with E-state index in [1.807, 2.05) is 31.2 Å². The molecule has 2 rings (SSSR count). The summed E-state index contributed by atoms with van der Waals surface area (Å²) in [5, 5.41) is 0. The van der Waals surface area contributed by atoms with E-state index in [0.717, 1.165) is 12.8 Å². The quantitative estimate of drug-likeness (QED) is 0.647. The zero-order valence-electron chi connectivity index (χ0n) is 12.6. The van der Waals surface area contributed by atoms with Crippen LogP contribution in [0.5, 0.6) is 5.75 Å². The molecule has 0 aromatic heterocycles. The number of nitrogen functional groups attached to an aromatic ring is 1. The van der Waals surface area contributed by atoms with Crippen molar-refractivity contribution in [2.24, 2.45) is 0 Å². The van der Waals surface area contributed by atoms with Crippen LogP contribution >= 0.6 is 0 Å². The predicted molar refractivity (Wildman–Crippen MR) is 85.9 cm³/mol. The fraction of sp³-hybridized carbons (Fsp3) is 0.278. The molecular formula is C18H21NO2. The first-order valence-electron chi connectivity index (χ1n) is 7.31. The number of ketones is 1. The van der Waals surface area contributed by atoms with Crippen LogP contribution in [0.25, 0.3) is 0 Å². The Morgan fingerprint density at radius 1 is 1.05 bits per heavy atom. The Morgan fingerprint density at radius 2 is 1.71 bits per heavy atom. The fourth-order valence-electron chi connectivity index (χ4n) is 2.25. The Balaban J connectivity index is 2.21. The van der Waals surface area contributed by atoms with E-state index in [2.05, 4.69) is 6.92 Å². The number of carbonyl (C=O) groups is 1. The highest BCUT2D eigenvalue weighted by Gasteiger charge is 2.11. The number of anilines is 1. The number of ether oxygens (including phenoxy) is 1. The van der Waals surface area contributed by atoms with Gasteiger partial charge < -0.3 is 10.5 Å². The second kappa shape index (κ2) is 6.93. The molecule has 3 heteroatoms. The molecule has 0 amide bonds. The summed E-state index contributed by atoms with van der Waals surface area (Å²) in [5.74, 6) is 0.597. The van der Waals surface area contributed by atoms with Gasteiger partial charge in [0.05, 0.1) is 12.3 Å². The standard InChI is InChI=1S/C18H21NO2/c1-3-5-13-6-8-14(9-7-13)18(20)15-10-11-17(21-4-2)16(19)12-15/h6-12H,3-5,19H2,1-2H3. The minimum Gasteiger partial charge on any atom is -0.492 e. The van der Waals surface area contributed by atoms with Crippen molar-refractivity contribution < 1.29 is 9.53 Å². The summed E-state index contributed by atoms with van der Waals surface area (Å²) in [4.78, 5) is 12.4. The van der Waals surface area contributed by atoms with Crippen molar-refractivity contribution in [3.63, 3.8) is 0 Å². The Hall–Kier alpha value is -2.29. The molecule has 0 fully saturated rings. The molecule has 2 aromatic rings. The second-order valence-corrected chi connectivity index (χ2v) is 4.96. The van der Waals surface area contributed by atoms with E-state index in [1.165, 1.54) is 5.56 Å². The van der Waals surface area contributed by atoms with E-state index in [-0.39, 0.29) is 5.78 Å². The lowest BCUT2D eigenvalue weighted by Gasteiger charge is -2.08. The number of benzene rings is 2. The van der Waals surface area contributed by atoms with E-state index < -0.39 is 0 Å². The van der Waals surface area contributed by atoms with Crippen LogP contribution < -0.4 is 10.5 Å². The van der Waals surface area contributed by atoms with Gasteiger partial charge >= 0.3 is 0 Å². The van der Waals surface area contributed by atoms with E-state index in [9.17, 15) is 4.79 Å². The van der Waals surface area contributed by atoms with Crippen LogP contribution in [-0.2, 0) is 6.42 Å². The summed E-state index contributed by atoms with van der Waals surface area (Å²) in [6.07, 6.45) is 2.13. The molecule has 0 aliphatic rings. The molecule has 3 nitrogen and oxygen atoms in total. The van der Waals surface area contributed by atoms with Gasteiger partial charge in [-0.2, -0.15) is 0 Å². The Morgan fingerprint density at radius 3 is 2.29 bits per heavy atom. The molecule has 0 radical (unpaired) electrons. The first kappa shape index (κ1) is 15.1. The molecule has 2 N–H and O–H groups in total. The Labute approximate surface area is 125 Å². The van der Waals surface area contributed by atoms with Crippen LogP contribution in [0.3, 0.4) is 0 Å². The number of rotatable bonds is 6. The zero-order chi connectivity index (χ0) is 15.2. The lowest BCUT2D eigenvalue weighted by molar-refractivity contribution is 0.103. The predicted octanol–water partition coefficient (Wildman–Crippen LogP) is 3.85. The summed E-state index contributed by atoms with van der Waals surface area (Å²) in [6, 6.07) is 12.9. The molecule has 0 heterocycles. The van der Waals surface area contributed by atoms with Crippen molar-refractivity contribution in [1.29, 1.82) is 0 Å². The first-order valence-corrected chi connectivity index (χ1v) is 7.31. The van der Waals surface area contributed by atoms with Gasteiger partial charge in [0, 0.05) is 11.1 Å². The average molecular weight is 283 g/mol. The van der Waals surface area contributed by atoms with Gasteiger partial charge in [0.15, 0.2) is 5.78 Å².